The molecule has 1 aromatic carbocycles. The number of hydrogen-bond acceptors (Lipinski definition) is 8. The van der Waals surface area contributed by atoms with Crippen LogP contribution in [0.5, 0.6) is 5.75 Å². The molecule has 0 aromatic heterocycles. The van der Waals surface area contributed by atoms with Crippen molar-refractivity contribution in [2.75, 3.05) is 50.8 Å². The summed E-state index contributed by atoms with van der Waals surface area (Å²) < 4.78 is 5.60. The Balaban J connectivity index is 1.23. The van der Waals surface area contributed by atoms with E-state index in [2.05, 4.69) is 14.8 Å². The number of benzene rings is 1. The predicted molar refractivity (Wildman–Crippen MR) is 141 cm³/mol. The van der Waals surface area contributed by atoms with Crippen LogP contribution in [-0.4, -0.2) is 91.3 Å². The van der Waals surface area contributed by atoms with Crippen molar-refractivity contribution in [3.8, 4) is 5.75 Å². The van der Waals surface area contributed by atoms with Crippen LogP contribution >= 0.6 is 0 Å². The molecule has 2 saturated heterocycles. The van der Waals surface area contributed by atoms with E-state index in [9.17, 15) is 19.2 Å². The number of imide groups is 1. The number of rotatable bonds is 9. The number of ketones is 2. The van der Waals surface area contributed by atoms with Gasteiger partial charge in [0.2, 0.25) is 5.91 Å². The smallest absolute Gasteiger partial charge is 0.251 e. The van der Waals surface area contributed by atoms with Crippen molar-refractivity contribution in [1.29, 1.82) is 0 Å². The van der Waals surface area contributed by atoms with Crippen molar-refractivity contribution in [2.24, 2.45) is 16.3 Å². The number of anilines is 1. The third kappa shape index (κ3) is 6.51. The number of nitrogens with zero attached hydrogens (tertiary/aromatic N) is 4. The summed E-state index contributed by atoms with van der Waals surface area (Å²) in [6.07, 6.45) is 3.47. The highest BCUT2D eigenvalue weighted by molar-refractivity contribution is 6.22. The molecule has 1 atom stereocenters. The van der Waals surface area contributed by atoms with Crippen LogP contribution in [0.4, 0.5) is 5.69 Å². The summed E-state index contributed by atoms with van der Waals surface area (Å²) in [7, 11) is 0. The topological polar surface area (TPSA) is 99.6 Å². The Bertz CT molecular complexity index is 1020. The van der Waals surface area contributed by atoms with Gasteiger partial charge in [-0.15, -0.1) is 0 Å². The van der Waals surface area contributed by atoms with Gasteiger partial charge in [0.15, 0.2) is 0 Å². The predicted octanol–water partition coefficient (Wildman–Crippen LogP) is 2.37. The maximum Gasteiger partial charge on any atom is 0.251 e. The van der Waals surface area contributed by atoms with Crippen molar-refractivity contribution in [3.05, 3.63) is 24.3 Å². The third-order valence-electron chi connectivity index (χ3n) is 7.34. The first-order valence-corrected chi connectivity index (χ1v) is 13.3. The first-order chi connectivity index (χ1) is 17.7. The fourth-order valence-electron chi connectivity index (χ4n) is 5.33. The number of hydrogen-bond donors (Lipinski definition) is 0. The fourth-order valence-corrected chi connectivity index (χ4v) is 5.33. The van der Waals surface area contributed by atoms with Crippen LogP contribution in [0, 0.1) is 11.3 Å². The minimum Gasteiger partial charge on any atom is -0.494 e. The van der Waals surface area contributed by atoms with Gasteiger partial charge in [-0.25, -0.2) is 4.90 Å². The zero-order chi connectivity index (χ0) is 26.6. The van der Waals surface area contributed by atoms with Crippen molar-refractivity contribution < 1.29 is 23.9 Å². The van der Waals surface area contributed by atoms with E-state index in [4.69, 9.17) is 4.74 Å². The lowest BCUT2D eigenvalue weighted by molar-refractivity contribution is -0.136. The molecular formula is C28H38N4O5. The molecule has 0 bridgehead atoms. The molecule has 1 aliphatic carbocycles. The Morgan fingerprint density at radius 1 is 1.00 bits per heavy atom. The van der Waals surface area contributed by atoms with Gasteiger partial charge in [-0.3, -0.25) is 34.0 Å². The molecule has 2 aliphatic heterocycles. The number of amides is 2. The summed E-state index contributed by atoms with van der Waals surface area (Å²) in [5.41, 5.74) is 0.324. The third-order valence-corrected chi connectivity index (χ3v) is 7.34. The van der Waals surface area contributed by atoms with E-state index in [1.807, 2.05) is 20.8 Å². The first kappa shape index (κ1) is 27.1. The number of carbonyl (C=O) groups excluding carboxylic acids is 4. The van der Waals surface area contributed by atoms with Crippen LogP contribution in [0.3, 0.4) is 0 Å². The molecular weight excluding hydrogens is 472 g/mol. The summed E-state index contributed by atoms with van der Waals surface area (Å²) in [5.74, 6) is -0.394. The van der Waals surface area contributed by atoms with Gasteiger partial charge < -0.3 is 4.74 Å². The zero-order valence-corrected chi connectivity index (χ0v) is 22.1. The van der Waals surface area contributed by atoms with Gasteiger partial charge in [0.1, 0.15) is 23.2 Å². The summed E-state index contributed by atoms with van der Waals surface area (Å²) in [6.45, 7) is 10.7. The van der Waals surface area contributed by atoms with Gasteiger partial charge in [0.25, 0.3) is 5.91 Å². The Morgan fingerprint density at radius 3 is 2.27 bits per heavy atom. The molecule has 3 fully saturated rings. The van der Waals surface area contributed by atoms with Crippen LogP contribution in [0.25, 0.3) is 0 Å². The van der Waals surface area contributed by atoms with Gasteiger partial charge in [0.05, 0.1) is 31.3 Å². The lowest BCUT2D eigenvalue weighted by Crippen LogP contribution is -2.52. The van der Waals surface area contributed by atoms with Crippen LogP contribution in [0.1, 0.15) is 46.5 Å². The average Bonchev–Trinajstić information content (AvgIpc) is 3.15. The Labute approximate surface area is 218 Å². The molecule has 0 spiro atoms. The van der Waals surface area contributed by atoms with E-state index in [0.29, 0.717) is 44.8 Å². The maximum absolute atomic E-state index is 13.2. The van der Waals surface area contributed by atoms with Crippen LogP contribution in [0.2, 0.25) is 0 Å². The molecule has 3 aliphatic rings. The molecule has 2 amide bonds. The molecule has 4 rings (SSSR count). The SMILES string of the molecule is CCCOc1ccc(N2C(=O)C[C@H](N3CCN(CCN=CC4C(=O)CC(C)(C)CC4=O)CC3)C2=O)cc1. The second-order valence-electron chi connectivity index (χ2n) is 11.0. The molecule has 2 heterocycles. The van der Waals surface area contributed by atoms with Gasteiger partial charge in [0, 0.05) is 51.8 Å². The van der Waals surface area contributed by atoms with Gasteiger partial charge in [-0.2, -0.15) is 0 Å². The zero-order valence-electron chi connectivity index (χ0n) is 22.1. The highest BCUT2D eigenvalue weighted by atomic mass is 16.5. The molecule has 1 aromatic rings. The number of carbonyl (C=O) groups is 4. The second-order valence-corrected chi connectivity index (χ2v) is 11.0. The molecule has 9 nitrogen and oxygen atoms in total. The summed E-state index contributed by atoms with van der Waals surface area (Å²) in [5, 5.41) is 0. The van der Waals surface area contributed by atoms with E-state index >= 15 is 0 Å². The molecule has 0 radical (unpaired) electrons. The van der Waals surface area contributed by atoms with Gasteiger partial charge >= 0.3 is 0 Å². The Morgan fingerprint density at radius 2 is 1.65 bits per heavy atom. The van der Waals surface area contributed by atoms with Gasteiger partial charge in [-0.1, -0.05) is 20.8 Å². The van der Waals surface area contributed by atoms with E-state index in [0.717, 1.165) is 31.8 Å². The van der Waals surface area contributed by atoms with Crippen LogP contribution in [-0.2, 0) is 19.2 Å². The van der Waals surface area contributed by atoms with Crippen molar-refractivity contribution in [2.45, 2.75) is 52.5 Å². The van der Waals surface area contributed by atoms with Crippen LogP contribution < -0.4 is 9.64 Å². The number of aliphatic imine (C=N–C) groups is 1. The van der Waals surface area contributed by atoms with E-state index in [1.165, 1.54) is 11.1 Å². The quantitative estimate of drug-likeness (QED) is 0.286. The summed E-state index contributed by atoms with van der Waals surface area (Å²) in [6, 6.07) is 6.67. The average molecular weight is 511 g/mol. The highest BCUT2D eigenvalue weighted by Crippen LogP contribution is 2.33. The minimum absolute atomic E-state index is 0.0378. The molecule has 9 heteroatoms. The molecule has 37 heavy (non-hydrogen) atoms. The van der Waals surface area contributed by atoms with Crippen molar-refractivity contribution in [1.82, 2.24) is 9.80 Å². The number of piperazine rings is 1. The minimum atomic E-state index is -0.696. The number of Topliss-reactive ketones (excluding diaryl/α,β-unsaturated/α-hetero) is 2. The van der Waals surface area contributed by atoms with Crippen LogP contribution in [0.15, 0.2) is 29.3 Å². The molecule has 1 saturated carbocycles. The fraction of sp³-hybridized carbons (Fsp3) is 0.607. The standard InChI is InChI=1S/C28H38N4O5/c1-4-15-37-21-7-5-20(6-8-21)32-26(35)16-23(27(32)36)31-13-11-30(12-14-31)10-9-29-19-22-24(33)17-28(2,3)18-25(22)34/h5-8,19,22-23H,4,9-18H2,1-3H3/t23-/m0/s1. The normalized spacial score (nSPS) is 24.0. The monoisotopic (exact) mass is 510 g/mol. The van der Waals surface area contributed by atoms with E-state index in [1.54, 1.807) is 24.3 Å². The molecule has 200 valence electrons. The van der Waals surface area contributed by atoms with Gasteiger partial charge in [-0.05, 0) is 36.1 Å². The largest absolute Gasteiger partial charge is 0.494 e. The number of ether oxygens (including phenoxy) is 1. The lowest BCUT2D eigenvalue weighted by atomic mass is 9.72. The first-order valence-electron chi connectivity index (χ1n) is 13.3. The van der Waals surface area contributed by atoms with Crippen molar-refractivity contribution in [3.63, 3.8) is 0 Å². The summed E-state index contributed by atoms with van der Waals surface area (Å²) in [4.78, 5) is 60.5. The van der Waals surface area contributed by atoms with E-state index in [-0.39, 0.29) is 35.2 Å². The highest BCUT2D eigenvalue weighted by Gasteiger charge is 2.43. The molecule has 0 unspecified atom stereocenters. The lowest BCUT2D eigenvalue weighted by Gasteiger charge is -2.36. The Kier molecular flexibility index (Phi) is 8.54. The summed E-state index contributed by atoms with van der Waals surface area (Å²) >= 11 is 0. The second kappa shape index (κ2) is 11.6. The van der Waals surface area contributed by atoms with E-state index < -0.39 is 12.0 Å². The maximum atomic E-state index is 13.2. The Hall–Kier alpha value is -2.91. The molecule has 0 N–H and O–H groups in total. The van der Waals surface area contributed by atoms with Crippen molar-refractivity contribution >= 4 is 35.3 Å².